The van der Waals surface area contributed by atoms with Gasteiger partial charge in [-0.3, -0.25) is 14.7 Å². The lowest BCUT2D eigenvalue weighted by molar-refractivity contribution is -0.0493. The lowest BCUT2D eigenvalue weighted by Crippen LogP contribution is -2.48. The Labute approximate surface area is 260 Å². The quantitative estimate of drug-likeness (QED) is 0.222. The number of aromatic amines is 1. The number of alkyl halides is 2. The molecule has 0 unspecified atom stereocenters. The van der Waals surface area contributed by atoms with Crippen LogP contribution in [-0.2, 0) is 4.74 Å². The van der Waals surface area contributed by atoms with Crippen molar-refractivity contribution in [2.45, 2.75) is 33.0 Å². The molecule has 1 saturated heterocycles. The second-order valence-electron chi connectivity index (χ2n) is 11.3. The Morgan fingerprint density at radius 2 is 1.87 bits per heavy atom. The van der Waals surface area contributed by atoms with Crippen molar-refractivity contribution in [1.82, 2.24) is 34.6 Å². The largest absolute Gasteiger partial charge is 0.474 e. The number of carbonyl (C=O) groups is 2. The zero-order valence-corrected chi connectivity index (χ0v) is 25.5. The molecular formula is C30H30F2N8O4S. The average Bonchev–Trinajstić information content (AvgIpc) is 3.73. The molecule has 2 amide bonds. The third kappa shape index (κ3) is 6.29. The smallest absolute Gasteiger partial charge is 0.387 e. The molecule has 4 aromatic heterocycles. The summed E-state index contributed by atoms with van der Waals surface area (Å²) in [5.41, 5.74) is 0.915. The van der Waals surface area contributed by atoms with Crippen molar-refractivity contribution < 1.29 is 27.8 Å². The van der Waals surface area contributed by atoms with Crippen LogP contribution in [0.15, 0.2) is 61.5 Å². The van der Waals surface area contributed by atoms with Gasteiger partial charge < -0.3 is 24.6 Å². The molecule has 6 rings (SSSR count). The average molecular weight is 637 g/mol. The maximum atomic E-state index is 13.5. The van der Waals surface area contributed by atoms with Gasteiger partial charge in [0.05, 0.1) is 28.7 Å². The fourth-order valence-electron chi connectivity index (χ4n) is 5.06. The Kier molecular flexibility index (Phi) is 7.87. The van der Waals surface area contributed by atoms with E-state index in [1.165, 1.54) is 34.3 Å². The minimum absolute atomic E-state index is 0.141. The number of piperazine rings is 1. The maximum absolute atomic E-state index is 13.5. The molecule has 0 radical (unpaired) electrons. The minimum Gasteiger partial charge on any atom is -0.474 e. The molecule has 1 fully saturated rings. The second-order valence-corrected chi connectivity index (χ2v) is 12.4. The van der Waals surface area contributed by atoms with Gasteiger partial charge in [0.15, 0.2) is 11.5 Å². The summed E-state index contributed by atoms with van der Waals surface area (Å²) in [7, 11) is 0. The van der Waals surface area contributed by atoms with Crippen LogP contribution in [0.5, 0.6) is 5.75 Å². The van der Waals surface area contributed by atoms with Gasteiger partial charge in [-0.15, -0.1) is 11.3 Å². The lowest BCUT2D eigenvalue weighted by atomic mass is 10.1. The van der Waals surface area contributed by atoms with Crippen LogP contribution in [0.2, 0.25) is 0 Å². The molecule has 15 heteroatoms. The van der Waals surface area contributed by atoms with Crippen LogP contribution >= 0.6 is 11.3 Å². The summed E-state index contributed by atoms with van der Waals surface area (Å²) in [6.07, 6.45) is 5.95. The van der Waals surface area contributed by atoms with Crippen molar-refractivity contribution in [1.29, 1.82) is 0 Å². The fourth-order valence-corrected chi connectivity index (χ4v) is 6.11. The number of amides is 2. The van der Waals surface area contributed by atoms with Crippen molar-refractivity contribution in [3.8, 4) is 17.0 Å². The van der Waals surface area contributed by atoms with Gasteiger partial charge in [0, 0.05) is 48.8 Å². The van der Waals surface area contributed by atoms with Crippen LogP contribution in [0.4, 0.5) is 14.5 Å². The number of hydrogen-bond acceptors (Lipinski definition) is 9. The third-order valence-corrected chi connectivity index (χ3v) is 8.16. The van der Waals surface area contributed by atoms with Crippen LogP contribution in [-0.4, -0.2) is 84.8 Å². The highest BCUT2D eigenvalue weighted by atomic mass is 32.1. The summed E-state index contributed by atoms with van der Waals surface area (Å²) in [6, 6.07) is 6.45. The molecule has 0 saturated carbocycles. The predicted molar refractivity (Wildman–Crippen MR) is 164 cm³/mol. The number of anilines is 1. The van der Waals surface area contributed by atoms with Gasteiger partial charge in [-0.05, 0) is 57.0 Å². The summed E-state index contributed by atoms with van der Waals surface area (Å²) in [5.74, 6) is -0.244. The Hall–Kier alpha value is -5.05. The molecular weight excluding hydrogens is 606 g/mol. The van der Waals surface area contributed by atoms with E-state index in [1.54, 1.807) is 35.5 Å². The van der Waals surface area contributed by atoms with Crippen molar-refractivity contribution >= 4 is 44.6 Å². The number of carbonyl (C=O) groups excluding carboxylic acids is 2. The number of hydrogen-bond donors (Lipinski definition) is 2. The number of thiophene rings is 1. The Morgan fingerprint density at radius 3 is 2.60 bits per heavy atom. The van der Waals surface area contributed by atoms with Gasteiger partial charge in [-0.2, -0.15) is 19.0 Å². The van der Waals surface area contributed by atoms with Crippen LogP contribution in [0, 0.1) is 0 Å². The first-order valence-electron chi connectivity index (χ1n) is 14.0. The van der Waals surface area contributed by atoms with Gasteiger partial charge in [-0.25, -0.2) is 9.50 Å². The van der Waals surface area contributed by atoms with E-state index in [9.17, 15) is 18.4 Å². The SMILES string of the molecule is C=C(OC(C)(C)C)N1CCN(C(=O)c2cc3cc(OC(F)F)c(-c4[nH]ncc4NC(=O)c4cnn5cccnc45)cc3s2)CC1. The maximum Gasteiger partial charge on any atom is 0.387 e. The van der Waals surface area contributed by atoms with Gasteiger partial charge in [-0.1, -0.05) is 0 Å². The summed E-state index contributed by atoms with van der Waals surface area (Å²) in [5, 5.41) is 14.3. The third-order valence-electron chi connectivity index (χ3n) is 7.07. The number of halogens is 2. The minimum atomic E-state index is -3.11. The Bertz CT molecular complexity index is 1900. The molecule has 5 heterocycles. The molecule has 1 aliphatic rings. The van der Waals surface area contributed by atoms with E-state index in [1.807, 2.05) is 25.7 Å². The highest BCUT2D eigenvalue weighted by Crippen LogP contribution is 2.40. The van der Waals surface area contributed by atoms with E-state index in [0.29, 0.717) is 52.7 Å². The van der Waals surface area contributed by atoms with Crippen molar-refractivity contribution in [3.63, 3.8) is 0 Å². The molecule has 1 aromatic carbocycles. The van der Waals surface area contributed by atoms with Gasteiger partial charge >= 0.3 is 6.61 Å². The molecule has 5 aromatic rings. The zero-order chi connectivity index (χ0) is 31.9. The lowest BCUT2D eigenvalue weighted by Gasteiger charge is -2.38. The van der Waals surface area contributed by atoms with E-state index < -0.39 is 12.5 Å². The zero-order valence-electron chi connectivity index (χ0n) is 24.7. The highest BCUT2D eigenvalue weighted by molar-refractivity contribution is 7.20. The van der Waals surface area contributed by atoms with E-state index in [2.05, 4.69) is 32.2 Å². The Balaban J connectivity index is 1.25. The van der Waals surface area contributed by atoms with Crippen LogP contribution in [0.3, 0.4) is 0 Å². The van der Waals surface area contributed by atoms with Crippen LogP contribution < -0.4 is 10.1 Å². The molecule has 45 heavy (non-hydrogen) atoms. The number of ether oxygens (including phenoxy) is 2. The number of nitrogens with one attached hydrogen (secondary N) is 2. The first kappa shape index (κ1) is 30.0. The molecule has 234 valence electrons. The van der Waals surface area contributed by atoms with E-state index in [-0.39, 0.29) is 39.8 Å². The summed E-state index contributed by atoms with van der Waals surface area (Å²) in [4.78, 5) is 35.0. The van der Waals surface area contributed by atoms with Gasteiger partial charge in [0.25, 0.3) is 11.8 Å². The number of H-pyrrole nitrogens is 1. The number of rotatable bonds is 8. The number of benzene rings is 1. The van der Waals surface area contributed by atoms with Gasteiger partial charge in [0.2, 0.25) is 0 Å². The van der Waals surface area contributed by atoms with Crippen molar-refractivity contribution in [3.05, 3.63) is 72.0 Å². The summed E-state index contributed by atoms with van der Waals surface area (Å²) < 4.78 is 39.9. The predicted octanol–water partition coefficient (Wildman–Crippen LogP) is 5.23. The molecule has 12 nitrogen and oxygen atoms in total. The Morgan fingerprint density at radius 1 is 1.11 bits per heavy atom. The molecule has 2 N–H and O–H groups in total. The number of nitrogens with zero attached hydrogens (tertiary/aromatic N) is 6. The standard InChI is InChI=1S/C30H30F2N8O4S/c1-17(44-30(2,3)4)38-8-10-39(11-9-38)28(42)24-13-18-12-22(43-29(31)32)19(14-23(18)45-24)25-21(16-34-37-25)36-27(41)20-15-35-40-7-5-6-33-26(20)40/h5-7,12-16,29H,1,8-11H2,2-4H3,(H,34,37)(H,36,41). The molecule has 1 aliphatic heterocycles. The summed E-state index contributed by atoms with van der Waals surface area (Å²) >= 11 is 1.24. The monoisotopic (exact) mass is 636 g/mol. The van der Waals surface area contributed by atoms with Crippen molar-refractivity contribution in [2.75, 3.05) is 31.5 Å². The fraction of sp³-hybridized carbons (Fsp3) is 0.300. The van der Waals surface area contributed by atoms with E-state index >= 15 is 0 Å². The highest BCUT2D eigenvalue weighted by Gasteiger charge is 2.27. The normalized spacial score (nSPS) is 13.9. The van der Waals surface area contributed by atoms with Crippen LogP contribution in [0.25, 0.3) is 27.0 Å². The number of fused-ring (bicyclic) bond motifs is 2. The summed E-state index contributed by atoms with van der Waals surface area (Å²) in [6.45, 7) is 8.86. The molecule has 0 spiro atoms. The first-order valence-corrected chi connectivity index (χ1v) is 14.9. The first-order chi connectivity index (χ1) is 21.5. The van der Waals surface area contributed by atoms with E-state index in [0.717, 1.165) is 0 Å². The topological polar surface area (TPSA) is 130 Å². The van der Waals surface area contributed by atoms with Crippen LogP contribution in [0.1, 0.15) is 40.8 Å². The molecule has 0 bridgehead atoms. The molecule has 0 aliphatic carbocycles. The van der Waals surface area contributed by atoms with Crippen molar-refractivity contribution in [2.24, 2.45) is 0 Å². The van der Waals surface area contributed by atoms with E-state index in [4.69, 9.17) is 9.47 Å². The molecule has 0 atom stereocenters. The number of aromatic nitrogens is 5. The second kappa shape index (κ2) is 11.8. The van der Waals surface area contributed by atoms with Gasteiger partial charge in [0.1, 0.15) is 16.9 Å².